The highest BCUT2D eigenvalue weighted by Gasteiger charge is 2.21. The molecule has 1 unspecified atom stereocenters. The lowest BCUT2D eigenvalue weighted by Crippen LogP contribution is -2.36. The molecule has 0 bridgehead atoms. The molecule has 0 radical (unpaired) electrons. The molecule has 2 heterocycles. The molecule has 1 saturated heterocycles. The van der Waals surface area contributed by atoms with Crippen molar-refractivity contribution < 1.29 is 0 Å². The lowest BCUT2D eigenvalue weighted by atomic mass is 10.0. The molecular formula is C7H10BrN3. The second-order valence-corrected chi connectivity index (χ2v) is 3.62. The van der Waals surface area contributed by atoms with Crippen LogP contribution in [-0.2, 0) is 7.05 Å². The Bertz CT molecular complexity index is 265. The fraction of sp³-hybridized carbons (Fsp3) is 0.571. The third kappa shape index (κ3) is 1.20. The normalized spacial score (nSPS) is 23.3. The van der Waals surface area contributed by atoms with Crippen LogP contribution in [0.3, 0.4) is 0 Å². The van der Waals surface area contributed by atoms with Gasteiger partial charge < -0.3 is 5.32 Å². The maximum Gasteiger partial charge on any atom is 0.128 e. The van der Waals surface area contributed by atoms with Crippen LogP contribution >= 0.6 is 15.9 Å². The van der Waals surface area contributed by atoms with E-state index in [2.05, 4.69) is 32.4 Å². The first-order valence-electron chi connectivity index (χ1n) is 3.70. The summed E-state index contributed by atoms with van der Waals surface area (Å²) < 4.78 is 2.84. The number of hydrogen-bond donors (Lipinski definition) is 1. The Kier molecular flexibility index (Phi) is 1.73. The van der Waals surface area contributed by atoms with E-state index in [0.29, 0.717) is 6.04 Å². The smallest absolute Gasteiger partial charge is 0.128 e. The van der Waals surface area contributed by atoms with Crippen molar-refractivity contribution in [3.63, 3.8) is 0 Å². The van der Waals surface area contributed by atoms with Crippen molar-refractivity contribution in [2.24, 2.45) is 7.05 Å². The molecular weight excluding hydrogens is 206 g/mol. The molecule has 1 aliphatic heterocycles. The Labute approximate surface area is 73.9 Å². The SMILES string of the molecule is Cn1nc(Br)cc1C1CCN1. The molecule has 1 aliphatic rings. The lowest BCUT2D eigenvalue weighted by Gasteiger charge is -2.27. The second-order valence-electron chi connectivity index (χ2n) is 2.81. The standard InChI is InChI=1S/C7H10BrN3/c1-11-6(4-7(8)10-11)5-2-3-9-5/h4-5,9H,2-3H2,1H3. The first-order chi connectivity index (χ1) is 5.27. The Morgan fingerprint density at radius 2 is 2.55 bits per heavy atom. The Morgan fingerprint density at radius 3 is 2.91 bits per heavy atom. The van der Waals surface area contributed by atoms with Crippen molar-refractivity contribution in [1.82, 2.24) is 15.1 Å². The summed E-state index contributed by atoms with van der Waals surface area (Å²) in [6.07, 6.45) is 1.23. The predicted molar refractivity (Wildman–Crippen MR) is 46.3 cm³/mol. The first-order valence-corrected chi connectivity index (χ1v) is 4.49. The highest BCUT2D eigenvalue weighted by atomic mass is 79.9. The molecule has 3 nitrogen and oxygen atoms in total. The van der Waals surface area contributed by atoms with E-state index in [0.717, 1.165) is 11.1 Å². The number of rotatable bonds is 1. The van der Waals surface area contributed by atoms with E-state index < -0.39 is 0 Å². The largest absolute Gasteiger partial charge is 0.309 e. The maximum absolute atomic E-state index is 4.21. The van der Waals surface area contributed by atoms with Gasteiger partial charge in [-0.25, -0.2) is 0 Å². The summed E-state index contributed by atoms with van der Waals surface area (Å²) >= 11 is 3.34. The van der Waals surface area contributed by atoms with Crippen molar-refractivity contribution in [3.8, 4) is 0 Å². The molecule has 4 heteroatoms. The minimum absolute atomic E-state index is 0.527. The molecule has 0 saturated carbocycles. The van der Waals surface area contributed by atoms with E-state index >= 15 is 0 Å². The minimum atomic E-state index is 0.527. The van der Waals surface area contributed by atoms with Gasteiger partial charge in [-0.1, -0.05) is 0 Å². The average Bonchev–Trinajstić information content (AvgIpc) is 2.07. The first kappa shape index (κ1) is 7.31. The van der Waals surface area contributed by atoms with Gasteiger partial charge in [-0.3, -0.25) is 4.68 Å². The van der Waals surface area contributed by atoms with Gasteiger partial charge in [-0.05, 0) is 35.0 Å². The fourth-order valence-corrected chi connectivity index (χ4v) is 1.79. The van der Waals surface area contributed by atoms with Crippen LogP contribution in [0.15, 0.2) is 10.7 Å². The van der Waals surface area contributed by atoms with Crippen molar-refractivity contribution in [1.29, 1.82) is 0 Å². The van der Waals surface area contributed by atoms with Gasteiger partial charge in [0.05, 0.1) is 11.7 Å². The van der Waals surface area contributed by atoms with Gasteiger partial charge in [0.2, 0.25) is 0 Å². The van der Waals surface area contributed by atoms with E-state index in [-0.39, 0.29) is 0 Å². The quantitative estimate of drug-likeness (QED) is 0.764. The van der Waals surface area contributed by atoms with Gasteiger partial charge in [-0.15, -0.1) is 0 Å². The molecule has 1 aromatic heterocycles. The van der Waals surface area contributed by atoms with Gasteiger partial charge in [-0.2, -0.15) is 5.10 Å². The molecule has 1 fully saturated rings. The summed E-state index contributed by atoms with van der Waals surface area (Å²) in [6, 6.07) is 2.59. The van der Waals surface area contributed by atoms with E-state index in [1.54, 1.807) is 0 Å². The number of aryl methyl sites for hydroxylation is 1. The number of hydrogen-bond acceptors (Lipinski definition) is 2. The molecule has 11 heavy (non-hydrogen) atoms. The Balaban J connectivity index is 2.28. The zero-order valence-corrected chi connectivity index (χ0v) is 7.93. The summed E-state index contributed by atoms with van der Waals surface area (Å²) in [5, 5.41) is 7.54. The zero-order valence-electron chi connectivity index (χ0n) is 6.34. The summed E-state index contributed by atoms with van der Waals surface area (Å²) in [6.45, 7) is 1.13. The van der Waals surface area contributed by atoms with Gasteiger partial charge in [0.25, 0.3) is 0 Å². The van der Waals surface area contributed by atoms with Crippen molar-refractivity contribution in [3.05, 3.63) is 16.4 Å². The number of nitrogens with one attached hydrogen (secondary N) is 1. The highest BCUT2D eigenvalue weighted by molar-refractivity contribution is 9.10. The third-order valence-corrected chi connectivity index (χ3v) is 2.45. The molecule has 2 rings (SSSR count). The van der Waals surface area contributed by atoms with Crippen LogP contribution in [0.5, 0.6) is 0 Å². The number of halogens is 1. The van der Waals surface area contributed by atoms with Crippen LogP contribution in [0.25, 0.3) is 0 Å². The van der Waals surface area contributed by atoms with E-state index in [9.17, 15) is 0 Å². The minimum Gasteiger partial charge on any atom is -0.309 e. The number of aromatic nitrogens is 2. The lowest BCUT2D eigenvalue weighted by molar-refractivity contribution is 0.363. The molecule has 1 atom stereocenters. The number of nitrogens with zero attached hydrogens (tertiary/aromatic N) is 2. The van der Waals surface area contributed by atoms with E-state index in [1.165, 1.54) is 12.1 Å². The average molecular weight is 216 g/mol. The monoisotopic (exact) mass is 215 g/mol. The molecule has 60 valence electrons. The van der Waals surface area contributed by atoms with Crippen molar-refractivity contribution in [2.75, 3.05) is 6.54 Å². The van der Waals surface area contributed by atoms with Gasteiger partial charge in [0.1, 0.15) is 4.60 Å². The van der Waals surface area contributed by atoms with Crippen molar-refractivity contribution in [2.45, 2.75) is 12.5 Å². The van der Waals surface area contributed by atoms with Crippen LogP contribution in [-0.4, -0.2) is 16.3 Å². The summed E-state index contributed by atoms with van der Waals surface area (Å²) in [4.78, 5) is 0. The molecule has 1 N–H and O–H groups in total. The maximum atomic E-state index is 4.21. The van der Waals surface area contributed by atoms with Crippen LogP contribution < -0.4 is 5.32 Å². The van der Waals surface area contributed by atoms with Gasteiger partial charge in [0, 0.05) is 7.05 Å². The van der Waals surface area contributed by atoms with E-state index in [4.69, 9.17) is 0 Å². The topological polar surface area (TPSA) is 29.9 Å². The second kappa shape index (κ2) is 2.60. The van der Waals surface area contributed by atoms with Crippen LogP contribution in [0.1, 0.15) is 18.2 Å². The fourth-order valence-electron chi connectivity index (χ4n) is 1.31. The van der Waals surface area contributed by atoms with E-state index in [1.807, 2.05) is 11.7 Å². The molecule has 0 spiro atoms. The molecule has 0 amide bonds. The van der Waals surface area contributed by atoms with Gasteiger partial charge in [0.15, 0.2) is 0 Å². The van der Waals surface area contributed by atoms with Crippen LogP contribution in [0, 0.1) is 0 Å². The predicted octanol–water partition coefficient (Wildman–Crippen LogP) is 1.22. The third-order valence-electron chi connectivity index (χ3n) is 2.07. The molecule has 0 aliphatic carbocycles. The highest BCUT2D eigenvalue weighted by Crippen LogP contribution is 2.24. The molecule has 0 aromatic carbocycles. The van der Waals surface area contributed by atoms with Crippen molar-refractivity contribution >= 4 is 15.9 Å². The summed E-state index contributed by atoms with van der Waals surface area (Å²) in [7, 11) is 1.97. The summed E-state index contributed by atoms with van der Waals surface area (Å²) in [5.74, 6) is 0. The zero-order chi connectivity index (χ0) is 7.84. The van der Waals surface area contributed by atoms with Gasteiger partial charge >= 0.3 is 0 Å². The Hall–Kier alpha value is -0.350. The Morgan fingerprint density at radius 1 is 1.82 bits per heavy atom. The van der Waals surface area contributed by atoms with Crippen LogP contribution in [0.2, 0.25) is 0 Å². The molecule has 1 aromatic rings. The summed E-state index contributed by atoms with van der Waals surface area (Å²) in [5.41, 5.74) is 1.27. The van der Waals surface area contributed by atoms with Crippen LogP contribution in [0.4, 0.5) is 0 Å².